The number of carbonyl (C=O) groups excluding carboxylic acids is 1. The molecule has 1 amide bonds. The Labute approximate surface area is 144 Å². The Balaban J connectivity index is 1.76. The first-order valence-electron chi connectivity index (χ1n) is 8.43. The first-order chi connectivity index (χ1) is 11.5. The lowest BCUT2D eigenvalue weighted by molar-refractivity contribution is -0.123. The lowest BCUT2D eigenvalue weighted by Crippen LogP contribution is -2.53. The van der Waals surface area contributed by atoms with Gasteiger partial charge in [0, 0.05) is 32.2 Å². The van der Waals surface area contributed by atoms with Crippen molar-refractivity contribution in [2.45, 2.75) is 19.4 Å². The Hall–Kier alpha value is -1.79. The van der Waals surface area contributed by atoms with E-state index < -0.39 is 0 Å². The zero-order valence-electron chi connectivity index (χ0n) is 15.2. The van der Waals surface area contributed by atoms with Crippen molar-refractivity contribution < 1.29 is 14.3 Å². The van der Waals surface area contributed by atoms with Crippen LogP contribution in [0.4, 0.5) is 0 Å². The van der Waals surface area contributed by atoms with Gasteiger partial charge in [0.1, 0.15) is 0 Å². The number of hydrogen-bond acceptors (Lipinski definition) is 5. The van der Waals surface area contributed by atoms with Gasteiger partial charge in [0.2, 0.25) is 5.91 Å². The summed E-state index contributed by atoms with van der Waals surface area (Å²) in [5, 5.41) is 3.01. The quantitative estimate of drug-likeness (QED) is 0.806. The molecule has 1 heterocycles. The third-order valence-electron chi connectivity index (χ3n) is 4.50. The number of hydrogen-bond donors (Lipinski definition) is 1. The summed E-state index contributed by atoms with van der Waals surface area (Å²) in [6, 6.07) is 6.26. The molecule has 1 aromatic rings. The smallest absolute Gasteiger partial charge is 0.234 e. The van der Waals surface area contributed by atoms with Gasteiger partial charge in [-0.3, -0.25) is 9.69 Å². The minimum atomic E-state index is 0.0897. The topological polar surface area (TPSA) is 54.0 Å². The Bertz CT molecular complexity index is 550. The molecular weight excluding hydrogens is 306 g/mol. The Morgan fingerprint density at radius 2 is 2.00 bits per heavy atom. The molecule has 0 bridgehead atoms. The molecule has 0 saturated carbocycles. The van der Waals surface area contributed by atoms with Gasteiger partial charge < -0.3 is 19.7 Å². The van der Waals surface area contributed by atoms with Gasteiger partial charge in [0.25, 0.3) is 0 Å². The Morgan fingerprint density at radius 1 is 1.25 bits per heavy atom. The molecule has 0 aromatic heterocycles. The van der Waals surface area contributed by atoms with Crippen LogP contribution in [0, 0.1) is 0 Å². The number of rotatable bonds is 7. The normalized spacial score (nSPS) is 19.1. The van der Waals surface area contributed by atoms with Gasteiger partial charge in [0.15, 0.2) is 11.5 Å². The Morgan fingerprint density at radius 3 is 2.67 bits per heavy atom. The average molecular weight is 335 g/mol. The molecule has 0 unspecified atom stereocenters. The third kappa shape index (κ3) is 5.11. The summed E-state index contributed by atoms with van der Waals surface area (Å²) in [7, 11) is 5.37. The van der Waals surface area contributed by atoms with Gasteiger partial charge in [-0.1, -0.05) is 6.07 Å². The van der Waals surface area contributed by atoms with E-state index in [1.807, 2.05) is 18.2 Å². The molecule has 1 aliphatic rings. The maximum Gasteiger partial charge on any atom is 0.234 e. The standard InChI is InChI=1S/C18H29N3O3/c1-14-12-20(2)9-10-21(14)13-18(22)19-8-7-15-5-6-16(23-3)17(11-15)24-4/h5-6,11,14H,7-10,12-13H2,1-4H3,(H,19,22)/t14-/m1/s1. The number of methoxy groups -OCH3 is 2. The molecule has 6 heteroatoms. The summed E-state index contributed by atoms with van der Waals surface area (Å²) in [5.74, 6) is 1.52. The van der Waals surface area contributed by atoms with Gasteiger partial charge in [-0.2, -0.15) is 0 Å². The van der Waals surface area contributed by atoms with Crippen LogP contribution in [0.2, 0.25) is 0 Å². The first kappa shape index (κ1) is 18.5. The van der Waals surface area contributed by atoms with Crippen LogP contribution in [0.25, 0.3) is 0 Å². The van der Waals surface area contributed by atoms with Crippen LogP contribution in [-0.4, -0.2) is 75.7 Å². The van der Waals surface area contributed by atoms with Gasteiger partial charge in [-0.05, 0) is 38.1 Å². The molecule has 6 nitrogen and oxygen atoms in total. The van der Waals surface area contributed by atoms with Crippen molar-refractivity contribution in [2.24, 2.45) is 0 Å². The molecule has 0 radical (unpaired) electrons. The zero-order valence-corrected chi connectivity index (χ0v) is 15.2. The van der Waals surface area contributed by atoms with Crippen molar-refractivity contribution >= 4 is 5.91 Å². The minimum absolute atomic E-state index is 0.0897. The van der Waals surface area contributed by atoms with Crippen LogP contribution in [-0.2, 0) is 11.2 Å². The van der Waals surface area contributed by atoms with Gasteiger partial charge >= 0.3 is 0 Å². The molecular formula is C18H29N3O3. The molecule has 2 rings (SSSR count). The van der Waals surface area contributed by atoms with Crippen LogP contribution in [0.1, 0.15) is 12.5 Å². The van der Waals surface area contributed by atoms with Crippen LogP contribution in [0.15, 0.2) is 18.2 Å². The Kier molecular flexibility index (Phi) is 6.87. The average Bonchev–Trinajstić information content (AvgIpc) is 2.57. The highest BCUT2D eigenvalue weighted by molar-refractivity contribution is 5.78. The van der Waals surface area contributed by atoms with Crippen molar-refractivity contribution in [2.75, 3.05) is 54.0 Å². The summed E-state index contributed by atoms with van der Waals surface area (Å²) in [4.78, 5) is 16.7. The fourth-order valence-corrected chi connectivity index (χ4v) is 3.04. The SMILES string of the molecule is COc1ccc(CCNC(=O)CN2CCN(C)C[C@H]2C)cc1OC. The fourth-order valence-electron chi connectivity index (χ4n) is 3.04. The van der Waals surface area contributed by atoms with E-state index in [0.29, 0.717) is 30.6 Å². The maximum absolute atomic E-state index is 12.1. The second-order valence-corrected chi connectivity index (χ2v) is 6.37. The summed E-state index contributed by atoms with van der Waals surface area (Å²) >= 11 is 0. The third-order valence-corrected chi connectivity index (χ3v) is 4.50. The van der Waals surface area contributed by atoms with Crippen LogP contribution < -0.4 is 14.8 Å². The number of carbonyl (C=O) groups is 1. The predicted molar refractivity (Wildman–Crippen MR) is 94.8 cm³/mol. The van der Waals surface area contributed by atoms with Gasteiger partial charge in [-0.25, -0.2) is 0 Å². The van der Waals surface area contributed by atoms with Crippen molar-refractivity contribution in [1.82, 2.24) is 15.1 Å². The van der Waals surface area contributed by atoms with Crippen molar-refractivity contribution in [1.29, 1.82) is 0 Å². The highest BCUT2D eigenvalue weighted by Crippen LogP contribution is 2.27. The fraction of sp³-hybridized carbons (Fsp3) is 0.611. The number of amides is 1. The molecule has 24 heavy (non-hydrogen) atoms. The predicted octanol–water partition coefficient (Wildman–Crippen LogP) is 0.998. The van der Waals surface area contributed by atoms with E-state index in [9.17, 15) is 4.79 Å². The molecule has 1 N–H and O–H groups in total. The summed E-state index contributed by atoms with van der Waals surface area (Å²) in [5.41, 5.74) is 1.11. The lowest BCUT2D eigenvalue weighted by atomic mass is 10.1. The molecule has 0 spiro atoms. The molecule has 1 aliphatic heterocycles. The number of benzene rings is 1. The second kappa shape index (κ2) is 8.89. The lowest BCUT2D eigenvalue weighted by Gasteiger charge is -2.37. The van der Waals surface area contributed by atoms with E-state index in [-0.39, 0.29) is 5.91 Å². The summed E-state index contributed by atoms with van der Waals surface area (Å²) in [6.45, 7) is 6.24. The molecule has 1 aromatic carbocycles. The molecule has 1 saturated heterocycles. The van der Waals surface area contributed by atoms with Crippen LogP contribution in [0.3, 0.4) is 0 Å². The zero-order chi connectivity index (χ0) is 17.5. The van der Waals surface area contributed by atoms with E-state index in [1.54, 1.807) is 14.2 Å². The monoisotopic (exact) mass is 335 g/mol. The van der Waals surface area contributed by atoms with Crippen molar-refractivity contribution in [3.63, 3.8) is 0 Å². The molecule has 0 aliphatic carbocycles. The minimum Gasteiger partial charge on any atom is -0.493 e. The number of nitrogens with zero attached hydrogens (tertiary/aromatic N) is 2. The maximum atomic E-state index is 12.1. The number of ether oxygens (including phenoxy) is 2. The first-order valence-corrected chi connectivity index (χ1v) is 8.43. The number of likely N-dealkylation sites (N-methyl/N-ethyl adjacent to an activating group) is 1. The number of nitrogens with one attached hydrogen (secondary N) is 1. The summed E-state index contributed by atoms with van der Waals surface area (Å²) in [6.07, 6.45) is 0.768. The molecule has 1 atom stereocenters. The largest absolute Gasteiger partial charge is 0.493 e. The van der Waals surface area contributed by atoms with E-state index in [2.05, 4.69) is 29.1 Å². The van der Waals surface area contributed by atoms with E-state index in [1.165, 1.54) is 0 Å². The number of piperazine rings is 1. The van der Waals surface area contributed by atoms with Gasteiger partial charge in [0.05, 0.1) is 20.8 Å². The van der Waals surface area contributed by atoms with Gasteiger partial charge in [-0.15, -0.1) is 0 Å². The van der Waals surface area contributed by atoms with E-state index in [4.69, 9.17) is 9.47 Å². The van der Waals surface area contributed by atoms with Crippen LogP contribution >= 0.6 is 0 Å². The highest BCUT2D eigenvalue weighted by atomic mass is 16.5. The summed E-state index contributed by atoms with van der Waals surface area (Å²) < 4.78 is 10.5. The van der Waals surface area contributed by atoms with Crippen molar-refractivity contribution in [3.05, 3.63) is 23.8 Å². The van der Waals surface area contributed by atoms with E-state index >= 15 is 0 Å². The second-order valence-electron chi connectivity index (χ2n) is 6.37. The van der Waals surface area contributed by atoms with Crippen molar-refractivity contribution in [3.8, 4) is 11.5 Å². The molecule has 134 valence electrons. The van der Waals surface area contributed by atoms with Crippen LogP contribution in [0.5, 0.6) is 11.5 Å². The highest BCUT2D eigenvalue weighted by Gasteiger charge is 2.22. The van der Waals surface area contributed by atoms with E-state index in [0.717, 1.165) is 31.6 Å². The molecule has 1 fully saturated rings.